The Kier molecular flexibility index (Phi) is 2.51. The van der Waals surface area contributed by atoms with Crippen LogP contribution < -0.4 is 5.32 Å². The number of nitrogens with zero attached hydrogens (tertiary/aromatic N) is 3. The number of halogens is 1. The first kappa shape index (κ1) is 8.58. The number of anilines is 2. The third kappa shape index (κ3) is 2.02. The van der Waals surface area contributed by atoms with Crippen molar-refractivity contribution >= 4 is 38.3 Å². The SMILES string of the molecule is Brc1ccccc1Nc1nnns1. The molecule has 6 heteroatoms. The number of rotatable bonds is 2. The summed E-state index contributed by atoms with van der Waals surface area (Å²) in [6.45, 7) is 0. The van der Waals surface area contributed by atoms with E-state index in [0.717, 1.165) is 10.2 Å². The Morgan fingerprint density at radius 3 is 2.85 bits per heavy atom. The number of aromatic nitrogens is 3. The van der Waals surface area contributed by atoms with E-state index in [1.807, 2.05) is 24.3 Å². The van der Waals surface area contributed by atoms with Crippen LogP contribution in [0.25, 0.3) is 0 Å². The van der Waals surface area contributed by atoms with Crippen LogP contribution in [-0.4, -0.2) is 14.8 Å². The lowest BCUT2D eigenvalue weighted by molar-refractivity contribution is 0.961. The maximum absolute atomic E-state index is 3.78. The molecule has 0 aliphatic heterocycles. The lowest BCUT2D eigenvalue weighted by Gasteiger charge is -2.02. The molecule has 2 rings (SSSR count). The van der Waals surface area contributed by atoms with E-state index in [9.17, 15) is 0 Å². The van der Waals surface area contributed by atoms with Crippen molar-refractivity contribution in [3.63, 3.8) is 0 Å². The molecule has 0 atom stereocenters. The molecule has 0 unspecified atom stereocenters. The molecule has 1 aromatic heterocycles. The van der Waals surface area contributed by atoms with Crippen molar-refractivity contribution in [1.29, 1.82) is 0 Å². The van der Waals surface area contributed by atoms with Crippen LogP contribution >= 0.6 is 27.5 Å². The maximum Gasteiger partial charge on any atom is 0.229 e. The highest BCUT2D eigenvalue weighted by molar-refractivity contribution is 9.10. The summed E-state index contributed by atoms with van der Waals surface area (Å²) in [4.78, 5) is 0. The molecule has 13 heavy (non-hydrogen) atoms. The molecule has 66 valence electrons. The normalized spacial score (nSPS) is 9.92. The van der Waals surface area contributed by atoms with Gasteiger partial charge in [-0.1, -0.05) is 21.7 Å². The second-order valence-electron chi connectivity index (χ2n) is 2.27. The van der Waals surface area contributed by atoms with E-state index in [1.54, 1.807) is 0 Å². The van der Waals surface area contributed by atoms with Crippen LogP contribution in [0.5, 0.6) is 0 Å². The molecule has 1 N–H and O–H groups in total. The highest BCUT2D eigenvalue weighted by Gasteiger charge is 2.01. The second kappa shape index (κ2) is 3.80. The van der Waals surface area contributed by atoms with Gasteiger partial charge in [-0.05, 0) is 33.3 Å². The lowest BCUT2D eigenvalue weighted by Crippen LogP contribution is -1.89. The largest absolute Gasteiger partial charge is 0.328 e. The Hall–Kier alpha value is -1.01. The Morgan fingerprint density at radius 1 is 1.31 bits per heavy atom. The number of para-hydroxylation sites is 1. The minimum Gasteiger partial charge on any atom is -0.328 e. The van der Waals surface area contributed by atoms with Crippen LogP contribution in [0.2, 0.25) is 0 Å². The van der Waals surface area contributed by atoms with Crippen LogP contribution in [0.1, 0.15) is 0 Å². The lowest BCUT2D eigenvalue weighted by atomic mass is 10.3. The Labute approximate surface area is 87.3 Å². The van der Waals surface area contributed by atoms with Gasteiger partial charge in [-0.25, -0.2) is 0 Å². The third-order valence-corrected chi connectivity index (χ3v) is 2.62. The van der Waals surface area contributed by atoms with Gasteiger partial charge in [0.15, 0.2) is 0 Å². The van der Waals surface area contributed by atoms with Crippen LogP contribution in [0.4, 0.5) is 10.8 Å². The highest BCUT2D eigenvalue weighted by Crippen LogP contribution is 2.24. The van der Waals surface area contributed by atoms with Crippen molar-refractivity contribution in [3.05, 3.63) is 28.7 Å². The third-order valence-electron chi connectivity index (χ3n) is 1.41. The molecule has 0 aliphatic carbocycles. The van der Waals surface area contributed by atoms with Crippen molar-refractivity contribution in [2.45, 2.75) is 0 Å². The van der Waals surface area contributed by atoms with E-state index in [1.165, 1.54) is 11.5 Å². The van der Waals surface area contributed by atoms with Gasteiger partial charge in [-0.15, -0.1) is 0 Å². The van der Waals surface area contributed by atoms with Gasteiger partial charge in [0, 0.05) is 16.0 Å². The van der Waals surface area contributed by atoms with Crippen molar-refractivity contribution in [1.82, 2.24) is 14.8 Å². The van der Waals surface area contributed by atoms with Crippen molar-refractivity contribution < 1.29 is 0 Å². The number of nitrogens with one attached hydrogen (secondary N) is 1. The second-order valence-corrected chi connectivity index (χ2v) is 3.86. The van der Waals surface area contributed by atoms with E-state index in [4.69, 9.17) is 0 Å². The predicted molar refractivity (Wildman–Crippen MR) is 55.1 cm³/mol. The van der Waals surface area contributed by atoms with Gasteiger partial charge < -0.3 is 5.32 Å². The average molecular weight is 257 g/mol. The van der Waals surface area contributed by atoms with Gasteiger partial charge in [-0.2, -0.15) is 0 Å². The summed E-state index contributed by atoms with van der Waals surface area (Å²) in [5.74, 6) is 0. The zero-order valence-corrected chi connectivity index (χ0v) is 8.84. The van der Waals surface area contributed by atoms with Gasteiger partial charge in [0.25, 0.3) is 0 Å². The molecule has 0 spiro atoms. The summed E-state index contributed by atoms with van der Waals surface area (Å²) in [6.07, 6.45) is 0. The zero-order valence-electron chi connectivity index (χ0n) is 6.44. The predicted octanol–water partition coefficient (Wildman–Crippen LogP) is 2.44. The number of hydrogen-bond donors (Lipinski definition) is 1. The Bertz CT molecular complexity index is 389. The Balaban J connectivity index is 2.24. The molecular formula is C7H5BrN4S. The van der Waals surface area contributed by atoms with Crippen molar-refractivity contribution in [2.24, 2.45) is 0 Å². The molecule has 0 amide bonds. The smallest absolute Gasteiger partial charge is 0.229 e. The zero-order chi connectivity index (χ0) is 9.10. The van der Waals surface area contributed by atoms with Crippen LogP contribution in [-0.2, 0) is 0 Å². The number of hydrogen-bond acceptors (Lipinski definition) is 5. The first-order valence-electron chi connectivity index (χ1n) is 3.53. The Morgan fingerprint density at radius 2 is 2.15 bits per heavy atom. The minimum absolute atomic E-state index is 0.687. The van der Waals surface area contributed by atoms with Crippen molar-refractivity contribution in [3.8, 4) is 0 Å². The summed E-state index contributed by atoms with van der Waals surface area (Å²) in [6, 6.07) is 7.80. The molecule has 0 bridgehead atoms. The quantitative estimate of drug-likeness (QED) is 0.897. The summed E-state index contributed by atoms with van der Waals surface area (Å²) < 4.78 is 4.64. The maximum atomic E-state index is 3.78. The fourth-order valence-electron chi connectivity index (χ4n) is 0.860. The van der Waals surface area contributed by atoms with Crippen molar-refractivity contribution in [2.75, 3.05) is 5.32 Å². The summed E-state index contributed by atoms with van der Waals surface area (Å²) in [5, 5.41) is 11.0. The van der Waals surface area contributed by atoms with Crippen LogP contribution in [0, 0.1) is 0 Å². The standard InChI is InChI=1S/C7H5BrN4S/c8-5-3-1-2-4-6(5)9-7-10-11-12-13-7/h1-4H,(H,9,10,12). The first-order valence-corrected chi connectivity index (χ1v) is 5.09. The van der Waals surface area contributed by atoms with Gasteiger partial charge >= 0.3 is 0 Å². The molecule has 0 radical (unpaired) electrons. The molecule has 0 saturated heterocycles. The number of benzene rings is 1. The van der Waals surface area contributed by atoms with Gasteiger partial charge in [0.1, 0.15) is 0 Å². The van der Waals surface area contributed by atoms with Crippen LogP contribution in [0.3, 0.4) is 0 Å². The first-order chi connectivity index (χ1) is 6.36. The summed E-state index contributed by atoms with van der Waals surface area (Å²) in [7, 11) is 0. The fraction of sp³-hybridized carbons (Fsp3) is 0. The molecule has 1 aromatic carbocycles. The summed E-state index contributed by atoms with van der Waals surface area (Å²) >= 11 is 4.64. The van der Waals surface area contributed by atoms with E-state index in [0.29, 0.717) is 5.13 Å². The van der Waals surface area contributed by atoms with Crippen LogP contribution in [0.15, 0.2) is 28.7 Å². The van der Waals surface area contributed by atoms with E-state index < -0.39 is 0 Å². The molecule has 0 saturated carbocycles. The van der Waals surface area contributed by atoms with E-state index in [2.05, 4.69) is 36.0 Å². The van der Waals surface area contributed by atoms with Gasteiger partial charge in [0.2, 0.25) is 5.13 Å². The topological polar surface area (TPSA) is 50.7 Å². The minimum atomic E-state index is 0.687. The monoisotopic (exact) mass is 256 g/mol. The van der Waals surface area contributed by atoms with Gasteiger partial charge in [-0.3, -0.25) is 0 Å². The van der Waals surface area contributed by atoms with Gasteiger partial charge in [0.05, 0.1) is 5.69 Å². The fourth-order valence-corrected chi connectivity index (χ4v) is 1.62. The molecule has 4 nitrogen and oxygen atoms in total. The van der Waals surface area contributed by atoms with E-state index >= 15 is 0 Å². The molecule has 0 fully saturated rings. The molecule has 0 aliphatic rings. The molecular weight excluding hydrogens is 252 g/mol. The molecule has 2 aromatic rings. The molecule has 1 heterocycles. The summed E-state index contributed by atoms with van der Waals surface area (Å²) in [5.41, 5.74) is 0.959. The average Bonchev–Trinajstić information content (AvgIpc) is 2.61. The van der Waals surface area contributed by atoms with E-state index in [-0.39, 0.29) is 0 Å². The highest BCUT2D eigenvalue weighted by atomic mass is 79.9.